The molecule has 20 heavy (non-hydrogen) atoms. The highest BCUT2D eigenvalue weighted by Gasteiger charge is 2.06. The first kappa shape index (κ1) is 13.0. The molecule has 1 heterocycles. The molecule has 102 valence electrons. The normalized spacial score (nSPS) is 11.1. The quantitative estimate of drug-likeness (QED) is 0.567. The maximum atomic E-state index is 13.1. The van der Waals surface area contributed by atoms with Crippen molar-refractivity contribution in [3.8, 4) is 0 Å². The van der Waals surface area contributed by atoms with Gasteiger partial charge in [0.15, 0.2) is 5.16 Å². The number of aromatic nitrogens is 2. The molecule has 0 saturated heterocycles. The summed E-state index contributed by atoms with van der Waals surface area (Å²) in [6, 6.07) is 10.5. The standard InChI is InChI=1S/C15H14FN3S/c1-9-6-11(16)3-2-10(9)8-20-15-18-13-5-4-12(17)7-14(13)19-15/h2-7H,8,17H2,1H3,(H,18,19). The van der Waals surface area contributed by atoms with Crippen molar-refractivity contribution in [1.29, 1.82) is 0 Å². The number of aromatic amines is 1. The molecule has 1 aromatic heterocycles. The van der Waals surface area contributed by atoms with E-state index in [2.05, 4.69) is 9.97 Å². The van der Waals surface area contributed by atoms with Gasteiger partial charge in [0.2, 0.25) is 0 Å². The predicted octanol–water partition coefficient (Wildman–Crippen LogP) is 3.88. The first-order chi connectivity index (χ1) is 9.61. The molecule has 0 aliphatic heterocycles. The second-order valence-corrected chi connectivity index (χ2v) is 5.64. The number of nitrogens with two attached hydrogens (primary N) is 1. The van der Waals surface area contributed by atoms with Crippen LogP contribution in [-0.4, -0.2) is 9.97 Å². The molecule has 3 nitrogen and oxygen atoms in total. The van der Waals surface area contributed by atoms with Gasteiger partial charge in [-0.05, 0) is 48.4 Å². The zero-order valence-electron chi connectivity index (χ0n) is 11.0. The number of aryl methyl sites for hydroxylation is 1. The average molecular weight is 287 g/mol. The van der Waals surface area contributed by atoms with E-state index in [1.54, 1.807) is 17.8 Å². The van der Waals surface area contributed by atoms with E-state index in [9.17, 15) is 4.39 Å². The van der Waals surface area contributed by atoms with Gasteiger partial charge in [-0.2, -0.15) is 0 Å². The zero-order valence-corrected chi connectivity index (χ0v) is 11.8. The minimum Gasteiger partial charge on any atom is -0.399 e. The summed E-state index contributed by atoms with van der Waals surface area (Å²) in [7, 11) is 0. The summed E-state index contributed by atoms with van der Waals surface area (Å²) in [5, 5.41) is 0.842. The van der Waals surface area contributed by atoms with Crippen LogP contribution in [0.3, 0.4) is 0 Å². The van der Waals surface area contributed by atoms with Crippen molar-refractivity contribution in [1.82, 2.24) is 9.97 Å². The molecule has 0 bridgehead atoms. The van der Waals surface area contributed by atoms with Gasteiger partial charge in [-0.1, -0.05) is 17.8 Å². The molecule has 0 amide bonds. The third-order valence-electron chi connectivity index (χ3n) is 3.15. The van der Waals surface area contributed by atoms with Crippen molar-refractivity contribution in [3.05, 3.63) is 53.3 Å². The van der Waals surface area contributed by atoms with Crippen molar-refractivity contribution in [2.75, 3.05) is 5.73 Å². The Hall–Kier alpha value is -2.01. The van der Waals surface area contributed by atoms with E-state index in [-0.39, 0.29) is 5.82 Å². The smallest absolute Gasteiger partial charge is 0.166 e. The second kappa shape index (κ2) is 5.17. The second-order valence-electron chi connectivity index (χ2n) is 4.68. The molecule has 0 aliphatic carbocycles. The Morgan fingerprint density at radius 2 is 2.10 bits per heavy atom. The van der Waals surface area contributed by atoms with E-state index in [1.807, 2.05) is 31.2 Å². The van der Waals surface area contributed by atoms with Crippen molar-refractivity contribution in [2.24, 2.45) is 0 Å². The fourth-order valence-electron chi connectivity index (χ4n) is 2.04. The van der Waals surface area contributed by atoms with Crippen LogP contribution in [0, 0.1) is 12.7 Å². The molecule has 0 saturated carbocycles. The van der Waals surface area contributed by atoms with E-state index in [1.165, 1.54) is 6.07 Å². The number of nitrogens with zero attached hydrogens (tertiary/aromatic N) is 1. The van der Waals surface area contributed by atoms with Crippen LogP contribution < -0.4 is 5.73 Å². The number of hydrogen-bond donors (Lipinski definition) is 2. The number of rotatable bonds is 3. The number of anilines is 1. The topological polar surface area (TPSA) is 54.7 Å². The number of nitrogens with one attached hydrogen (secondary N) is 1. The molecule has 0 spiro atoms. The molecule has 0 atom stereocenters. The summed E-state index contributed by atoms with van der Waals surface area (Å²) in [4.78, 5) is 7.73. The van der Waals surface area contributed by atoms with E-state index in [0.717, 1.165) is 33.1 Å². The van der Waals surface area contributed by atoms with Crippen molar-refractivity contribution in [2.45, 2.75) is 17.8 Å². The number of halogens is 1. The van der Waals surface area contributed by atoms with Crippen LogP contribution in [0.15, 0.2) is 41.6 Å². The Morgan fingerprint density at radius 1 is 1.25 bits per heavy atom. The minimum absolute atomic E-state index is 0.199. The van der Waals surface area contributed by atoms with E-state index in [4.69, 9.17) is 5.73 Å². The van der Waals surface area contributed by atoms with Crippen LogP contribution in [0.2, 0.25) is 0 Å². The Labute approximate surface area is 120 Å². The molecule has 2 aromatic carbocycles. The number of thioether (sulfide) groups is 1. The van der Waals surface area contributed by atoms with Crippen LogP contribution >= 0.6 is 11.8 Å². The van der Waals surface area contributed by atoms with Gasteiger partial charge in [-0.15, -0.1) is 0 Å². The first-order valence-electron chi connectivity index (χ1n) is 6.25. The summed E-state index contributed by atoms with van der Waals surface area (Å²) in [6.07, 6.45) is 0. The lowest BCUT2D eigenvalue weighted by atomic mass is 10.1. The van der Waals surface area contributed by atoms with Gasteiger partial charge < -0.3 is 10.7 Å². The monoisotopic (exact) mass is 287 g/mol. The Morgan fingerprint density at radius 3 is 2.90 bits per heavy atom. The van der Waals surface area contributed by atoms with Crippen molar-refractivity contribution in [3.63, 3.8) is 0 Å². The Bertz CT molecular complexity index is 767. The van der Waals surface area contributed by atoms with Crippen molar-refractivity contribution < 1.29 is 4.39 Å². The summed E-state index contributed by atoms with van der Waals surface area (Å²) >= 11 is 1.60. The lowest BCUT2D eigenvalue weighted by molar-refractivity contribution is 0.626. The lowest BCUT2D eigenvalue weighted by Gasteiger charge is -2.03. The molecule has 3 N–H and O–H groups in total. The lowest BCUT2D eigenvalue weighted by Crippen LogP contribution is -1.88. The fourth-order valence-corrected chi connectivity index (χ4v) is 3.00. The number of nitrogen functional groups attached to an aromatic ring is 1. The number of fused-ring (bicyclic) bond motifs is 1. The average Bonchev–Trinajstić information content (AvgIpc) is 2.79. The van der Waals surface area contributed by atoms with Crippen LogP contribution in [0.25, 0.3) is 11.0 Å². The molecule has 0 unspecified atom stereocenters. The first-order valence-corrected chi connectivity index (χ1v) is 7.23. The van der Waals surface area contributed by atoms with Crippen LogP contribution in [0.5, 0.6) is 0 Å². The molecular formula is C15H14FN3S. The van der Waals surface area contributed by atoms with Crippen LogP contribution in [0.4, 0.5) is 10.1 Å². The van der Waals surface area contributed by atoms with E-state index < -0.39 is 0 Å². The summed E-state index contributed by atoms with van der Waals surface area (Å²) < 4.78 is 13.1. The number of hydrogen-bond acceptors (Lipinski definition) is 3. The fraction of sp³-hybridized carbons (Fsp3) is 0.133. The number of benzene rings is 2. The summed E-state index contributed by atoms with van der Waals surface area (Å²) in [5.74, 6) is 0.553. The number of H-pyrrole nitrogens is 1. The molecule has 0 aliphatic rings. The summed E-state index contributed by atoms with van der Waals surface area (Å²) in [5.41, 5.74) is 10.4. The molecule has 0 radical (unpaired) electrons. The SMILES string of the molecule is Cc1cc(F)ccc1CSc1nc2ccc(N)cc2[nH]1. The highest BCUT2D eigenvalue weighted by molar-refractivity contribution is 7.98. The van der Waals surface area contributed by atoms with E-state index in [0.29, 0.717) is 5.69 Å². The third kappa shape index (κ3) is 2.63. The van der Waals surface area contributed by atoms with Gasteiger partial charge in [0, 0.05) is 11.4 Å². The van der Waals surface area contributed by atoms with Gasteiger partial charge in [-0.3, -0.25) is 0 Å². The van der Waals surface area contributed by atoms with Gasteiger partial charge >= 0.3 is 0 Å². The van der Waals surface area contributed by atoms with Crippen LogP contribution in [0.1, 0.15) is 11.1 Å². The molecule has 5 heteroatoms. The largest absolute Gasteiger partial charge is 0.399 e. The van der Waals surface area contributed by atoms with Crippen LogP contribution in [-0.2, 0) is 5.75 Å². The molecule has 3 rings (SSSR count). The number of imidazole rings is 1. The van der Waals surface area contributed by atoms with Gasteiger partial charge in [-0.25, -0.2) is 9.37 Å². The predicted molar refractivity (Wildman–Crippen MR) is 81.2 cm³/mol. The van der Waals surface area contributed by atoms with Gasteiger partial charge in [0.25, 0.3) is 0 Å². The Balaban J connectivity index is 1.79. The third-order valence-corrected chi connectivity index (χ3v) is 4.08. The van der Waals surface area contributed by atoms with E-state index >= 15 is 0 Å². The molecule has 3 aromatic rings. The zero-order chi connectivity index (χ0) is 14.1. The molecule has 0 fully saturated rings. The maximum Gasteiger partial charge on any atom is 0.166 e. The Kier molecular flexibility index (Phi) is 3.36. The summed E-state index contributed by atoms with van der Waals surface area (Å²) in [6.45, 7) is 1.91. The maximum absolute atomic E-state index is 13.1. The van der Waals surface area contributed by atoms with Gasteiger partial charge in [0.1, 0.15) is 5.82 Å². The highest BCUT2D eigenvalue weighted by atomic mass is 32.2. The van der Waals surface area contributed by atoms with Crippen molar-refractivity contribution >= 4 is 28.5 Å². The van der Waals surface area contributed by atoms with Gasteiger partial charge in [0.05, 0.1) is 11.0 Å². The highest BCUT2D eigenvalue weighted by Crippen LogP contribution is 2.25. The minimum atomic E-state index is -0.199. The molecular weight excluding hydrogens is 273 g/mol.